The van der Waals surface area contributed by atoms with Gasteiger partial charge in [-0.25, -0.2) is 4.68 Å². The SMILES string of the molecule is CC1=C(C(=O)Nc2cccnc2)C(c2cccc([N+](=O)[O-])c2)n2nc(-c3cccc(C)c3)nc2N1. The van der Waals surface area contributed by atoms with E-state index in [1.165, 1.54) is 12.1 Å². The zero-order valence-corrected chi connectivity index (χ0v) is 19.0. The molecule has 0 saturated carbocycles. The first kappa shape index (κ1) is 22.0. The fourth-order valence-electron chi connectivity index (χ4n) is 4.10. The van der Waals surface area contributed by atoms with Gasteiger partial charge in [0.1, 0.15) is 6.04 Å². The molecule has 2 aromatic heterocycles. The van der Waals surface area contributed by atoms with Crippen molar-refractivity contribution in [2.75, 3.05) is 10.6 Å². The minimum absolute atomic E-state index is 0.0775. The molecule has 0 saturated heterocycles. The van der Waals surface area contributed by atoms with Crippen LogP contribution in [0.2, 0.25) is 0 Å². The minimum atomic E-state index is -0.742. The summed E-state index contributed by atoms with van der Waals surface area (Å²) in [6.45, 7) is 3.75. The van der Waals surface area contributed by atoms with E-state index in [0.29, 0.717) is 34.3 Å². The number of non-ortho nitro benzene ring substituents is 1. The first-order valence-electron chi connectivity index (χ1n) is 10.9. The van der Waals surface area contributed by atoms with Gasteiger partial charge in [-0.15, -0.1) is 5.10 Å². The molecule has 1 amide bonds. The molecule has 1 aliphatic rings. The van der Waals surface area contributed by atoms with Gasteiger partial charge in [-0.1, -0.05) is 35.9 Å². The maximum atomic E-state index is 13.5. The highest BCUT2D eigenvalue weighted by molar-refractivity contribution is 6.06. The van der Waals surface area contributed by atoms with Gasteiger partial charge in [0.25, 0.3) is 11.6 Å². The summed E-state index contributed by atoms with van der Waals surface area (Å²) in [5, 5.41) is 22.2. The monoisotopic (exact) mass is 467 g/mol. The number of pyridine rings is 1. The third kappa shape index (κ3) is 4.24. The average Bonchev–Trinajstić information content (AvgIpc) is 3.27. The van der Waals surface area contributed by atoms with Gasteiger partial charge in [0.15, 0.2) is 5.82 Å². The third-order valence-corrected chi connectivity index (χ3v) is 5.69. The van der Waals surface area contributed by atoms with E-state index >= 15 is 0 Å². The minimum Gasteiger partial charge on any atom is -0.328 e. The Balaban J connectivity index is 1.64. The largest absolute Gasteiger partial charge is 0.328 e. The molecule has 1 aliphatic heterocycles. The van der Waals surface area contributed by atoms with Crippen molar-refractivity contribution in [3.05, 3.63) is 106 Å². The number of carbonyl (C=O) groups is 1. The Hall–Kier alpha value is -4.86. The molecular weight excluding hydrogens is 446 g/mol. The average molecular weight is 467 g/mol. The summed E-state index contributed by atoms with van der Waals surface area (Å²) in [5.41, 5.74) is 3.81. The maximum Gasteiger partial charge on any atom is 0.269 e. The van der Waals surface area contributed by atoms with Gasteiger partial charge in [0, 0.05) is 29.6 Å². The highest BCUT2D eigenvalue weighted by Crippen LogP contribution is 2.37. The topological polar surface area (TPSA) is 128 Å². The fourth-order valence-corrected chi connectivity index (χ4v) is 4.10. The first-order valence-corrected chi connectivity index (χ1v) is 10.9. The Labute approximate surface area is 200 Å². The normalized spacial score (nSPS) is 14.7. The number of nitrogens with one attached hydrogen (secondary N) is 2. The number of carbonyl (C=O) groups excluding carboxylic acids is 1. The summed E-state index contributed by atoms with van der Waals surface area (Å²) < 4.78 is 1.60. The molecule has 1 atom stereocenters. The van der Waals surface area contributed by atoms with E-state index in [4.69, 9.17) is 5.10 Å². The van der Waals surface area contributed by atoms with Gasteiger partial charge in [0.05, 0.1) is 22.4 Å². The smallest absolute Gasteiger partial charge is 0.269 e. The summed E-state index contributed by atoms with van der Waals surface area (Å²) in [6.07, 6.45) is 3.16. The molecule has 0 aliphatic carbocycles. The van der Waals surface area contributed by atoms with Crippen LogP contribution in [0.25, 0.3) is 11.4 Å². The molecule has 4 aromatic rings. The molecular formula is C25H21N7O3. The van der Waals surface area contributed by atoms with Crippen molar-refractivity contribution >= 4 is 23.2 Å². The molecule has 2 aromatic carbocycles. The number of nitro benzene ring substituents is 1. The zero-order valence-electron chi connectivity index (χ0n) is 19.0. The van der Waals surface area contributed by atoms with Crippen LogP contribution >= 0.6 is 0 Å². The molecule has 10 nitrogen and oxygen atoms in total. The van der Waals surface area contributed by atoms with Crippen LogP contribution in [0.3, 0.4) is 0 Å². The molecule has 0 fully saturated rings. The molecule has 2 N–H and O–H groups in total. The number of fused-ring (bicyclic) bond motifs is 1. The van der Waals surface area contributed by atoms with Crippen molar-refractivity contribution in [1.82, 2.24) is 19.7 Å². The van der Waals surface area contributed by atoms with Crippen LogP contribution in [0.15, 0.2) is 84.3 Å². The Morgan fingerprint density at radius 2 is 1.94 bits per heavy atom. The number of nitrogens with zero attached hydrogens (tertiary/aromatic N) is 5. The van der Waals surface area contributed by atoms with Gasteiger partial charge in [0.2, 0.25) is 5.95 Å². The lowest BCUT2D eigenvalue weighted by Crippen LogP contribution is -2.31. The molecule has 0 bridgehead atoms. The summed E-state index contributed by atoms with van der Waals surface area (Å²) in [7, 11) is 0. The Bertz CT molecular complexity index is 1480. The van der Waals surface area contributed by atoms with Crippen molar-refractivity contribution in [1.29, 1.82) is 0 Å². The van der Waals surface area contributed by atoms with E-state index in [1.54, 1.807) is 48.3 Å². The Kier molecular flexibility index (Phi) is 5.54. The lowest BCUT2D eigenvalue weighted by Gasteiger charge is -2.28. The van der Waals surface area contributed by atoms with Gasteiger partial charge < -0.3 is 10.6 Å². The van der Waals surface area contributed by atoms with Crippen LogP contribution < -0.4 is 10.6 Å². The number of anilines is 2. The molecule has 3 heterocycles. The highest BCUT2D eigenvalue weighted by atomic mass is 16.6. The lowest BCUT2D eigenvalue weighted by molar-refractivity contribution is -0.384. The molecule has 5 rings (SSSR count). The zero-order chi connectivity index (χ0) is 24.5. The predicted octanol–water partition coefficient (Wildman–Crippen LogP) is 4.48. The van der Waals surface area contributed by atoms with E-state index in [0.717, 1.165) is 11.1 Å². The second-order valence-electron chi connectivity index (χ2n) is 8.19. The number of nitro groups is 1. The van der Waals surface area contributed by atoms with Crippen LogP contribution in [-0.2, 0) is 4.79 Å². The Morgan fingerprint density at radius 3 is 2.69 bits per heavy atom. The number of aryl methyl sites for hydroxylation is 1. The maximum absolute atomic E-state index is 13.5. The summed E-state index contributed by atoms with van der Waals surface area (Å²) in [5.74, 6) is 0.541. The van der Waals surface area contributed by atoms with Crippen molar-refractivity contribution in [2.45, 2.75) is 19.9 Å². The number of benzene rings is 2. The third-order valence-electron chi connectivity index (χ3n) is 5.69. The lowest BCUT2D eigenvalue weighted by atomic mass is 9.94. The molecule has 1 unspecified atom stereocenters. The van der Waals surface area contributed by atoms with Gasteiger partial charge >= 0.3 is 0 Å². The van der Waals surface area contributed by atoms with Crippen molar-refractivity contribution in [2.24, 2.45) is 0 Å². The first-order chi connectivity index (χ1) is 16.9. The van der Waals surface area contributed by atoms with Gasteiger partial charge in [-0.2, -0.15) is 4.98 Å². The van der Waals surface area contributed by atoms with Crippen LogP contribution in [-0.4, -0.2) is 30.6 Å². The van der Waals surface area contributed by atoms with E-state index in [-0.39, 0.29) is 11.6 Å². The van der Waals surface area contributed by atoms with E-state index in [9.17, 15) is 14.9 Å². The molecule has 0 spiro atoms. The number of allylic oxidation sites excluding steroid dienone is 1. The van der Waals surface area contributed by atoms with Crippen LogP contribution in [0.5, 0.6) is 0 Å². The van der Waals surface area contributed by atoms with Gasteiger partial charge in [-0.05, 0) is 37.6 Å². The van der Waals surface area contributed by atoms with Crippen molar-refractivity contribution < 1.29 is 9.72 Å². The van der Waals surface area contributed by atoms with Crippen molar-refractivity contribution in [3.63, 3.8) is 0 Å². The Morgan fingerprint density at radius 1 is 1.11 bits per heavy atom. The molecule has 35 heavy (non-hydrogen) atoms. The van der Waals surface area contributed by atoms with Crippen LogP contribution in [0, 0.1) is 17.0 Å². The van der Waals surface area contributed by atoms with Gasteiger partial charge in [-0.3, -0.25) is 19.9 Å². The predicted molar refractivity (Wildman–Crippen MR) is 131 cm³/mol. The second-order valence-corrected chi connectivity index (χ2v) is 8.19. The highest BCUT2D eigenvalue weighted by Gasteiger charge is 2.35. The number of aromatic nitrogens is 4. The van der Waals surface area contributed by atoms with E-state index < -0.39 is 11.0 Å². The number of hydrogen-bond acceptors (Lipinski definition) is 7. The van der Waals surface area contributed by atoms with Crippen molar-refractivity contribution in [3.8, 4) is 11.4 Å². The van der Waals surface area contributed by atoms with E-state index in [2.05, 4.69) is 20.6 Å². The number of hydrogen-bond donors (Lipinski definition) is 2. The van der Waals surface area contributed by atoms with Crippen LogP contribution in [0.1, 0.15) is 24.1 Å². The summed E-state index contributed by atoms with van der Waals surface area (Å²) >= 11 is 0. The fraction of sp³-hybridized carbons (Fsp3) is 0.120. The standard InChI is InChI=1S/C25H21N7O3/c1-15-6-3-8-18(12-15)23-29-25-27-16(2)21(24(33)28-19-9-5-11-26-14-19)22(31(25)30-23)17-7-4-10-20(13-17)32(34)35/h3-14,22H,1-2H3,(H,28,33)(H,27,29,30). The summed E-state index contributed by atoms with van der Waals surface area (Å²) in [6, 6.07) is 16.7. The quantitative estimate of drug-likeness (QED) is 0.327. The number of rotatable bonds is 5. The second kappa shape index (κ2) is 8.82. The summed E-state index contributed by atoms with van der Waals surface area (Å²) in [4.78, 5) is 33.2. The van der Waals surface area contributed by atoms with E-state index in [1.807, 2.05) is 31.2 Å². The molecule has 174 valence electrons. The van der Waals surface area contributed by atoms with Crippen LogP contribution in [0.4, 0.5) is 17.3 Å². The molecule has 0 radical (unpaired) electrons. The number of amides is 1. The molecule has 10 heteroatoms.